The topological polar surface area (TPSA) is 73.2 Å². The van der Waals surface area contributed by atoms with Gasteiger partial charge in [0.2, 0.25) is 0 Å². The summed E-state index contributed by atoms with van der Waals surface area (Å²) >= 11 is 0. The van der Waals surface area contributed by atoms with E-state index in [1.165, 1.54) is 0 Å². The molecule has 2 aromatic rings. The number of nitrogens with one attached hydrogen (secondary N) is 1. The molecule has 1 amide bonds. The number of hydrogen-bond donors (Lipinski definition) is 1. The highest BCUT2D eigenvalue weighted by Gasteiger charge is 2.27. The molecule has 1 aromatic carbocycles. The monoisotopic (exact) mass is 385 g/mol. The number of esters is 1. The van der Waals surface area contributed by atoms with Crippen LogP contribution < -0.4 is 5.32 Å². The molecule has 1 N–H and O–H groups in total. The molecule has 2 rings (SSSR count). The molecule has 0 spiro atoms. The molecule has 0 aliphatic heterocycles. The average Bonchev–Trinajstić information content (AvgIpc) is 3.08. The first-order chi connectivity index (χ1) is 13.1. The molecule has 1 unspecified atom stereocenters. The zero-order valence-corrected chi connectivity index (χ0v) is 17.7. The van der Waals surface area contributed by atoms with E-state index in [0.29, 0.717) is 12.1 Å². The Labute approximate surface area is 167 Å². The largest absolute Gasteiger partial charge is 0.464 e. The molecule has 0 saturated carbocycles. The lowest BCUT2D eigenvalue weighted by atomic mass is 10.0. The maximum atomic E-state index is 12.9. The highest BCUT2D eigenvalue weighted by Crippen LogP contribution is 2.23. The van der Waals surface area contributed by atoms with Crippen LogP contribution in [-0.4, -0.2) is 34.3 Å². The summed E-state index contributed by atoms with van der Waals surface area (Å²) in [5.41, 5.74) is 1.99. The third-order valence-corrected chi connectivity index (χ3v) is 4.36. The molecule has 1 aromatic heterocycles. The lowest BCUT2D eigenvalue weighted by Crippen LogP contribution is -2.43. The van der Waals surface area contributed by atoms with Crippen LogP contribution >= 0.6 is 0 Å². The van der Waals surface area contributed by atoms with Crippen LogP contribution in [0.5, 0.6) is 0 Å². The van der Waals surface area contributed by atoms with Gasteiger partial charge in [-0.2, -0.15) is 5.10 Å². The molecule has 6 nitrogen and oxygen atoms in total. The number of hydrogen-bond acceptors (Lipinski definition) is 4. The van der Waals surface area contributed by atoms with E-state index in [1.54, 1.807) is 13.0 Å². The molecule has 152 valence electrons. The van der Waals surface area contributed by atoms with E-state index in [2.05, 4.69) is 24.3 Å². The first-order valence-electron chi connectivity index (χ1n) is 9.75. The molecule has 0 radical (unpaired) electrons. The van der Waals surface area contributed by atoms with Crippen LogP contribution in [0.3, 0.4) is 0 Å². The van der Waals surface area contributed by atoms with Crippen molar-refractivity contribution in [1.29, 1.82) is 0 Å². The molecular formula is C22H31N3O3. The highest BCUT2D eigenvalue weighted by molar-refractivity contribution is 5.95. The Morgan fingerprint density at radius 3 is 2.32 bits per heavy atom. The van der Waals surface area contributed by atoms with Gasteiger partial charge in [0.25, 0.3) is 5.91 Å². The van der Waals surface area contributed by atoms with Crippen molar-refractivity contribution in [2.75, 3.05) is 6.61 Å². The molecular weight excluding hydrogens is 354 g/mol. The summed E-state index contributed by atoms with van der Waals surface area (Å²) in [5, 5.41) is 7.33. The van der Waals surface area contributed by atoms with Crippen LogP contribution in [0.4, 0.5) is 0 Å². The Morgan fingerprint density at radius 1 is 1.18 bits per heavy atom. The fourth-order valence-corrected chi connectivity index (χ4v) is 2.97. The standard InChI is InChI=1S/C22H31N3O3/c1-7-28-21(27)18(13-16-11-9-8-10-12-16)23-20(26)17-14-19(15(2)3)25(24-17)22(4,5)6/h8-12,14-15,18H,7,13H2,1-6H3,(H,23,26). The third-order valence-electron chi connectivity index (χ3n) is 4.36. The summed E-state index contributed by atoms with van der Waals surface area (Å²) in [6, 6.07) is 10.6. The van der Waals surface area contributed by atoms with Crippen molar-refractivity contribution in [1.82, 2.24) is 15.1 Å². The van der Waals surface area contributed by atoms with Crippen molar-refractivity contribution in [2.24, 2.45) is 0 Å². The van der Waals surface area contributed by atoms with E-state index in [4.69, 9.17) is 4.74 Å². The highest BCUT2D eigenvalue weighted by atomic mass is 16.5. The Kier molecular flexibility index (Phi) is 7.00. The van der Waals surface area contributed by atoms with Gasteiger partial charge in [-0.1, -0.05) is 44.2 Å². The molecule has 0 aliphatic rings. The van der Waals surface area contributed by atoms with Gasteiger partial charge >= 0.3 is 5.97 Å². The SMILES string of the molecule is CCOC(=O)C(Cc1ccccc1)NC(=O)c1cc(C(C)C)n(C(C)(C)C)n1. The van der Waals surface area contributed by atoms with Gasteiger partial charge in [0.1, 0.15) is 11.7 Å². The van der Waals surface area contributed by atoms with Crippen molar-refractivity contribution < 1.29 is 14.3 Å². The number of amides is 1. The second-order valence-corrected chi connectivity index (χ2v) is 8.16. The van der Waals surface area contributed by atoms with Crippen LogP contribution in [0, 0.1) is 0 Å². The minimum absolute atomic E-state index is 0.221. The van der Waals surface area contributed by atoms with Crippen LogP contribution in [0.15, 0.2) is 36.4 Å². The second-order valence-electron chi connectivity index (χ2n) is 8.16. The van der Waals surface area contributed by atoms with Crippen molar-refractivity contribution in [3.8, 4) is 0 Å². The van der Waals surface area contributed by atoms with Crippen molar-refractivity contribution in [3.63, 3.8) is 0 Å². The number of rotatable bonds is 7. The predicted octanol–water partition coefficient (Wildman–Crippen LogP) is 3.67. The van der Waals surface area contributed by atoms with Crippen molar-refractivity contribution >= 4 is 11.9 Å². The fourth-order valence-electron chi connectivity index (χ4n) is 2.97. The second kappa shape index (κ2) is 9.04. The third kappa shape index (κ3) is 5.44. The summed E-state index contributed by atoms with van der Waals surface area (Å²) in [4.78, 5) is 25.3. The van der Waals surface area contributed by atoms with Gasteiger partial charge in [0.15, 0.2) is 0 Å². The Hall–Kier alpha value is -2.63. The molecule has 0 fully saturated rings. The molecule has 1 atom stereocenters. The minimum Gasteiger partial charge on any atom is -0.464 e. The van der Waals surface area contributed by atoms with E-state index in [1.807, 2.05) is 55.8 Å². The van der Waals surface area contributed by atoms with E-state index < -0.39 is 12.0 Å². The minimum atomic E-state index is -0.767. The molecule has 1 heterocycles. The summed E-state index contributed by atoms with van der Waals surface area (Å²) in [5.74, 6) is -0.601. The maximum absolute atomic E-state index is 12.9. The summed E-state index contributed by atoms with van der Waals surface area (Å²) < 4.78 is 7.03. The zero-order chi connectivity index (χ0) is 20.9. The number of nitrogens with zero attached hydrogens (tertiary/aromatic N) is 2. The first kappa shape index (κ1) is 21.7. The van der Waals surface area contributed by atoms with E-state index in [-0.39, 0.29) is 24.0 Å². The quantitative estimate of drug-likeness (QED) is 0.738. The van der Waals surface area contributed by atoms with Crippen LogP contribution in [0.1, 0.15) is 69.2 Å². The van der Waals surface area contributed by atoms with Crippen LogP contribution in [0.2, 0.25) is 0 Å². The van der Waals surface area contributed by atoms with Gasteiger partial charge in [-0.3, -0.25) is 9.48 Å². The van der Waals surface area contributed by atoms with Gasteiger partial charge in [-0.15, -0.1) is 0 Å². The molecule has 0 saturated heterocycles. The summed E-state index contributed by atoms with van der Waals surface area (Å²) in [6.45, 7) is 12.3. The predicted molar refractivity (Wildman–Crippen MR) is 109 cm³/mol. The Morgan fingerprint density at radius 2 is 1.82 bits per heavy atom. The first-order valence-corrected chi connectivity index (χ1v) is 9.75. The van der Waals surface area contributed by atoms with E-state index in [9.17, 15) is 9.59 Å². The van der Waals surface area contributed by atoms with Gasteiger partial charge in [0.05, 0.1) is 12.1 Å². The fraction of sp³-hybridized carbons (Fsp3) is 0.500. The Bertz CT molecular complexity index is 804. The van der Waals surface area contributed by atoms with Crippen molar-refractivity contribution in [3.05, 3.63) is 53.3 Å². The molecule has 0 bridgehead atoms. The van der Waals surface area contributed by atoms with Gasteiger partial charge in [-0.25, -0.2) is 4.79 Å². The molecule has 28 heavy (non-hydrogen) atoms. The molecule has 0 aliphatic carbocycles. The summed E-state index contributed by atoms with van der Waals surface area (Å²) in [7, 11) is 0. The van der Waals surface area contributed by atoms with E-state index >= 15 is 0 Å². The average molecular weight is 386 g/mol. The number of carbonyl (C=O) groups is 2. The van der Waals surface area contributed by atoms with Gasteiger partial charge < -0.3 is 10.1 Å². The molecule has 6 heteroatoms. The zero-order valence-electron chi connectivity index (χ0n) is 17.7. The number of carbonyl (C=O) groups excluding carboxylic acids is 2. The van der Waals surface area contributed by atoms with Gasteiger partial charge in [0, 0.05) is 12.1 Å². The number of benzene rings is 1. The van der Waals surface area contributed by atoms with Gasteiger partial charge in [-0.05, 0) is 45.2 Å². The lowest BCUT2D eigenvalue weighted by Gasteiger charge is -2.23. The lowest BCUT2D eigenvalue weighted by molar-refractivity contribution is -0.145. The van der Waals surface area contributed by atoms with Crippen LogP contribution in [-0.2, 0) is 21.5 Å². The Balaban J connectivity index is 2.26. The smallest absolute Gasteiger partial charge is 0.328 e. The number of aromatic nitrogens is 2. The summed E-state index contributed by atoms with van der Waals surface area (Å²) in [6.07, 6.45) is 0.364. The normalized spacial score (nSPS) is 12.7. The maximum Gasteiger partial charge on any atom is 0.328 e. The van der Waals surface area contributed by atoms with Crippen LogP contribution in [0.25, 0.3) is 0 Å². The van der Waals surface area contributed by atoms with E-state index in [0.717, 1.165) is 11.3 Å². The number of ether oxygens (including phenoxy) is 1. The van der Waals surface area contributed by atoms with Crippen molar-refractivity contribution in [2.45, 2.75) is 65.5 Å².